The highest BCUT2D eigenvalue weighted by Crippen LogP contribution is 2.29. The molecule has 0 bridgehead atoms. The fraction of sp³-hybridized carbons (Fsp3) is 0.533. The Labute approximate surface area is 114 Å². The molecule has 0 aliphatic rings. The molecule has 0 spiro atoms. The molecule has 0 fully saturated rings. The van der Waals surface area contributed by atoms with E-state index in [0.717, 1.165) is 11.3 Å². The Kier molecular flexibility index (Phi) is 3.67. The highest BCUT2D eigenvalue weighted by Gasteiger charge is 2.17. The quantitative estimate of drug-likeness (QED) is 0.710. The minimum absolute atomic E-state index is 0.0673. The molecule has 0 radical (unpaired) electrons. The maximum Gasteiger partial charge on any atom is 0.127 e. The largest absolute Gasteiger partial charge is 0.324 e. The summed E-state index contributed by atoms with van der Waals surface area (Å²) in [6.07, 6.45) is 0. The number of rotatable bonds is 3. The van der Waals surface area contributed by atoms with Crippen molar-refractivity contribution in [2.45, 2.75) is 52.0 Å². The molecule has 0 aliphatic carbocycles. The van der Waals surface area contributed by atoms with Gasteiger partial charge < -0.3 is 4.57 Å². The third kappa shape index (κ3) is 2.26. The lowest BCUT2D eigenvalue weighted by atomic mass is 10.0. The summed E-state index contributed by atoms with van der Waals surface area (Å²) in [6, 6.07) is 6.91. The van der Waals surface area contributed by atoms with Crippen molar-refractivity contribution in [3.63, 3.8) is 0 Å². The minimum Gasteiger partial charge on any atom is -0.324 e. The summed E-state index contributed by atoms with van der Waals surface area (Å²) in [4.78, 5) is 4.71. The summed E-state index contributed by atoms with van der Waals surface area (Å²) in [5.41, 5.74) is 3.55. The smallest absolute Gasteiger partial charge is 0.127 e. The van der Waals surface area contributed by atoms with E-state index in [1.807, 2.05) is 6.92 Å². The topological polar surface area (TPSA) is 17.8 Å². The molecule has 98 valence electrons. The van der Waals surface area contributed by atoms with E-state index >= 15 is 0 Å². The predicted octanol–water partition coefficient (Wildman–Crippen LogP) is 5.04. The maximum absolute atomic E-state index is 6.24. The Morgan fingerprint density at radius 2 is 1.78 bits per heavy atom. The third-order valence-corrected chi connectivity index (χ3v) is 3.47. The first-order chi connectivity index (χ1) is 8.41. The van der Waals surface area contributed by atoms with Crippen molar-refractivity contribution in [1.82, 2.24) is 9.55 Å². The number of hydrogen-bond acceptors (Lipinski definition) is 1. The number of hydrogen-bond donors (Lipinski definition) is 0. The van der Waals surface area contributed by atoms with Crippen LogP contribution in [0.5, 0.6) is 0 Å². The first kappa shape index (κ1) is 13.4. The van der Waals surface area contributed by atoms with E-state index < -0.39 is 0 Å². The Balaban J connectivity index is 2.68. The van der Waals surface area contributed by atoms with Crippen molar-refractivity contribution in [2.75, 3.05) is 0 Å². The number of nitrogens with zero attached hydrogens (tertiary/aromatic N) is 2. The summed E-state index contributed by atoms with van der Waals surface area (Å²) in [5.74, 6) is 1.48. The second-order valence-corrected chi connectivity index (χ2v) is 6.11. The second-order valence-electron chi connectivity index (χ2n) is 5.45. The molecule has 0 aliphatic heterocycles. The number of imidazole rings is 1. The van der Waals surface area contributed by atoms with Crippen LogP contribution in [-0.4, -0.2) is 9.55 Å². The summed E-state index contributed by atoms with van der Waals surface area (Å²) in [6.45, 7) is 10.7. The molecule has 3 heteroatoms. The molecule has 1 atom stereocenters. The van der Waals surface area contributed by atoms with E-state index in [2.05, 4.69) is 50.5 Å². The third-order valence-electron chi connectivity index (χ3n) is 3.28. The van der Waals surface area contributed by atoms with E-state index in [9.17, 15) is 0 Å². The van der Waals surface area contributed by atoms with Gasteiger partial charge in [-0.1, -0.05) is 19.9 Å². The molecular weight excluding hydrogens is 244 g/mol. The van der Waals surface area contributed by atoms with Crippen molar-refractivity contribution < 1.29 is 0 Å². The van der Waals surface area contributed by atoms with E-state index in [4.69, 9.17) is 16.6 Å². The van der Waals surface area contributed by atoms with Crippen LogP contribution in [0.15, 0.2) is 18.2 Å². The van der Waals surface area contributed by atoms with Gasteiger partial charge in [0.15, 0.2) is 0 Å². The molecule has 0 amide bonds. The fourth-order valence-electron chi connectivity index (χ4n) is 2.32. The van der Waals surface area contributed by atoms with Crippen molar-refractivity contribution in [3.05, 3.63) is 29.6 Å². The van der Waals surface area contributed by atoms with Crippen LogP contribution >= 0.6 is 11.6 Å². The van der Waals surface area contributed by atoms with Crippen LogP contribution in [-0.2, 0) is 0 Å². The molecule has 0 saturated heterocycles. The van der Waals surface area contributed by atoms with Crippen LogP contribution < -0.4 is 0 Å². The minimum atomic E-state index is -0.0673. The summed E-state index contributed by atoms with van der Waals surface area (Å²) in [7, 11) is 0. The normalized spacial score (nSPS) is 13.8. The van der Waals surface area contributed by atoms with Crippen LogP contribution in [0.4, 0.5) is 0 Å². The van der Waals surface area contributed by atoms with Crippen LogP contribution in [0.25, 0.3) is 11.0 Å². The maximum atomic E-state index is 6.24. The van der Waals surface area contributed by atoms with Gasteiger partial charge in [0.25, 0.3) is 0 Å². The molecule has 2 nitrogen and oxygen atoms in total. The first-order valence-electron chi connectivity index (χ1n) is 6.57. The van der Waals surface area contributed by atoms with Crippen LogP contribution in [0.2, 0.25) is 0 Å². The van der Waals surface area contributed by atoms with Gasteiger partial charge in [-0.2, -0.15) is 0 Å². The lowest BCUT2D eigenvalue weighted by molar-refractivity contribution is 0.584. The van der Waals surface area contributed by atoms with E-state index in [1.54, 1.807) is 0 Å². The lowest BCUT2D eigenvalue weighted by Gasteiger charge is -2.14. The second kappa shape index (κ2) is 4.93. The van der Waals surface area contributed by atoms with Gasteiger partial charge in [0.1, 0.15) is 5.82 Å². The summed E-state index contributed by atoms with van der Waals surface area (Å²) >= 11 is 6.24. The number of benzene rings is 1. The van der Waals surface area contributed by atoms with Gasteiger partial charge in [-0.15, -0.1) is 11.6 Å². The van der Waals surface area contributed by atoms with Crippen LogP contribution in [0, 0.1) is 0 Å². The zero-order valence-corrected chi connectivity index (χ0v) is 12.5. The molecule has 1 aromatic heterocycles. The van der Waals surface area contributed by atoms with E-state index in [0.29, 0.717) is 12.0 Å². The van der Waals surface area contributed by atoms with Crippen LogP contribution in [0.3, 0.4) is 0 Å². The van der Waals surface area contributed by atoms with Gasteiger partial charge in [-0.3, -0.25) is 0 Å². The van der Waals surface area contributed by atoms with Gasteiger partial charge in [-0.25, -0.2) is 4.98 Å². The van der Waals surface area contributed by atoms with Crippen molar-refractivity contribution in [3.8, 4) is 0 Å². The highest BCUT2D eigenvalue weighted by molar-refractivity contribution is 6.20. The number of aromatic nitrogens is 2. The number of alkyl halides is 1. The van der Waals surface area contributed by atoms with Gasteiger partial charge in [-0.05, 0) is 44.4 Å². The Bertz CT molecular complexity index is 553. The van der Waals surface area contributed by atoms with Gasteiger partial charge in [0.2, 0.25) is 0 Å². The molecule has 1 aromatic carbocycles. The van der Waals surface area contributed by atoms with Gasteiger partial charge >= 0.3 is 0 Å². The number of fused-ring (bicyclic) bond motifs is 1. The molecule has 2 rings (SSSR count). The van der Waals surface area contributed by atoms with Crippen molar-refractivity contribution in [1.29, 1.82) is 0 Å². The first-order valence-corrected chi connectivity index (χ1v) is 7.01. The van der Waals surface area contributed by atoms with Gasteiger partial charge in [0, 0.05) is 6.04 Å². The summed E-state index contributed by atoms with van der Waals surface area (Å²) < 4.78 is 2.23. The summed E-state index contributed by atoms with van der Waals surface area (Å²) in [5, 5.41) is -0.0673. The highest BCUT2D eigenvalue weighted by atomic mass is 35.5. The zero-order valence-electron chi connectivity index (χ0n) is 11.7. The lowest BCUT2D eigenvalue weighted by Crippen LogP contribution is -2.06. The van der Waals surface area contributed by atoms with E-state index in [-0.39, 0.29) is 5.38 Å². The molecule has 0 N–H and O–H groups in total. The van der Waals surface area contributed by atoms with E-state index in [1.165, 1.54) is 11.1 Å². The monoisotopic (exact) mass is 264 g/mol. The molecule has 1 heterocycles. The molecule has 1 unspecified atom stereocenters. The average Bonchev–Trinajstić information content (AvgIpc) is 2.66. The molecular formula is C15H21ClN2. The number of halogens is 1. The Morgan fingerprint density at radius 1 is 1.11 bits per heavy atom. The average molecular weight is 265 g/mol. The molecule has 0 saturated carbocycles. The Morgan fingerprint density at radius 3 is 2.28 bits per heavy atom. The molecule has 18 heavy (non-hydrogen) atoms. The standard InChI is InChI=1S/C15H21ClN2/c1-9(2)12-6-7-14-13(8-12)17-15(11(5)16)18(14)10(3)4/h6-11H,1-5H3. The predicted molar refractivity (Wildman–Crippen MR) is 78.5 cm³/mol. The fourth-order valence-corrected chi connectivity index (χ4v) is 2.47. The van der Waals surface area contributed by atoms with Crippen LogP contribution in [0.1, 0.15) is 63.3 Å². The zero-order chi connectivity index (χ0) is 13.4. The van der Waals surface area contributed by atoms with Gasteiger partial charge in [0.05, 0.1) is 16.4 Å². The SMILES string of the molecule is CC(C)c1ccc2c(c1)nc(C(C)Cl)n2C(C)C. The van der Waals surface area contributed by atoms with Crippen molar-refractivity contribution >= 4 is 22.6 Å². The van der Waals surface area contributed by atoms with Crippen molar-refractivity contribution in [2.24, 2.45) is 0 Å². The molecule has 2 aromatic rings. The Hall–Kier alpha value is -1.02.